The molecular weight excluding hydrogens is 392 g/mol. The van der Waals surface area contributed by atoms with Crippen LogP contribution < -0.4 is 10.1 Å². The Morgan fingerprint density at radius 2 is 2.00 bits per heavy atom. The molecule has 1 N–H and O–H groups in total. The molecule has 122 valence electrons. The van der Waals surface area contributed by atoms with Crippen LogP contribution in [0.4, 0.5) is 5.13 Å². The molecule has 0 saturated heterocycles. The smallest absolute Gasteiger partial charge is 0.259 e. The van der Waals surface area contributed by atoms with Crippen LogP contribution in [0, 0.1) is 0 Å². The second kappa shape index (κ2) is 7.50. The Bertz CT molecular complexity index is 834. The van der Waals surface area contributed by atoms with E-state index in [4.69, 9.17) is 4.74 Å². The van der Waals surface area contributed by atoms with Gasteiger partial charge in [0.1, 0.15) is 10.8 Å². The SMILES string of the molecule is CCc1nnc(NC(=O)c2ccc(Oc3ccc(Br)cc3)nc2)s1. The fourth-order valence-corrected chi connectivity index (χ4v) is 2.75. The zero-order chi connectivity index (χ0) is 16.9. The number of hydrogen-bond donors (Lipinski definition) is 1. The number of nitrogens with one attached hydrogen (secondary N) is 1. The molecule has 0 atom stereocenters. The van der Waals surface area contributed by atoms with E-state index in [1.165, 1.54) is 17.5 Å². The van der Waals surface area contributed by atoms with Crippen molar-refractivity contribution in [1.29, 1.82) is 0 Å². The van der Waals surface area contributed by atoms with Crippen LogP contribution in [-0.2, 0) is 6.42 Å². The average Bonchev–Trinajstić information content (AvgIpc) is 3.05. The molecular formula is C16H13BrN4O2S. The summed E-state index contributed by atoms with van der Waals surface area (Å²) in [7, 11) is 0. The van der Waals surface area contributed by atoms with Crippen LogP contribution in [0.3, 0.4) is 0 Å². The molecule has 0 aliphatic carbocycles. The number of hydrogen-bond acceptors (Lipinski definition) is 6. The van der Waals surface area contributed by atoms with Gasteiger partial charge in [-0.25, -0.2) is 4.98 Å². The van der Waals surface area contributed by atoms with Gasteiger partial charge >= 0.3 is 0 Å². The third-order valence-corrected chi connectivity index (χ3v) is 4.54. The first-order chi connectivity index (χ1) is 11.6. The highest BCUT2D eigenvalue weighted by Crippen LogP contribution is 2.22. The van der Waals surface area contributed by atoms with Gasteiger partial charge in [-0.3, -0.25) is 10.1 Å². The number of pyridine rings is 1. The molecule has 24 heavy (non-hydrogen) atoms. The van der Waals surface area contributed by atoms with Crippen LogP contribution in [0.25, 0.3) is 0 Å². The molecule has 2 aromatic heterocycles. The van der Waals surface area contributed by atoms with Gasteiger partial charge in [-0.1, -0.05) is 34.2 Å². The number of aromatic nitrogens is 3. The number of halogens is 1. The van der Waals surface area contributed by atoms with E-state index in [9.17, 15) is 4.79 Å². The summed E-state index contributed by atoms with van der Waals surface area (Å²) < 4.78 is 6.59. The molecule has 0 saturated carbocycles. The van der Waals surface area contributed by atoms with Crippen molar-refractivity contribution in [2.75, 3.05) is 5.32 Å². The third kappa shape index (κ3) is 4.15. The normalized spacial score (nSPS) is 10.4. The molecule has 0 unspecified atom stereocenters. The van der Waals surface area contributed by atoms with Gasteiger partial charge in [-0.05, 0) is 36.8 Å². The van der Waals surface area contributed by atoms with Crippen molar-refractivity contribution in [2.24, 2.45) is 0 Å². The van der Waals surface area contributed by atoms with Crippen LogP contribution in [0.1, 0.15) is 22.3 Å². The van der Waals surface area contributed by atoms with Crippen molar-refractivity contribution >= 4 is 38.3 Å². The highest BCUT2D eigenvalue weighted by molar-refractivity contribution is 9.10. The molecule has 0 bridgehead atoms. The first-order valence-electron chi connectivity index (χ1n) is 7.17. The topological polar surface area (TPSA) is 77.0 Å². The van der Waals surface area contributed by atoms with Crippen LogP contribution >= 0.6 is 27.3 Å². The number of benzene rings is 1. The van der Waals surface area contributed by atoms with Crippen molar-refractivity contribution in [3.63, 3.8) is 0 Å². The highest BCUT2D eigenvalue weighted by atomic mass is 79.9. The van der Waals surface area contributed by atoms with Crippen LogP contribution in [-0.4, -0.2) is 21.1 Å². The number of anilines is 1. The molecule has 3 aromatic rings. The largest absolute Gasteiger partial charge is 0.439 e. The fourth-order valence-electron chi connectivity index (χ4n) is 1.81. The van der Waals surface area contributed by atoms with Gasteiger partial charge in [0, 0.05) is 16.7 Å². The van der Waals surface area contributed by atoms with Crippen LogP contribution in [0.5, 0.6) is 11.6 Å². The lowest BCUT2D eigenvalue weighted by molar-refractivity contribution is 0.102. The standard InChI is InChI=1S/C16H13BrN4O2S/c1-2-14-20-21-16(24-14)19-15(22)10-3-8-13(18-9-10)23-12-6-4-11(17)5-7-12/h3-9H,2H2,1H3,(H,19,21,22). The average molecular weight is 405 g/mol. The molecule has 2 heterocycles. The molecule has 1 amide bonds. The summed E-state index contributed by atoms with van der Waals surface area (Å²) >= 11 is 4.72. The minimum Gasteiger partial charge on any atom is -0.439 e. The minimum atomic E-state index is -0.281. The van der Waals surface area contributed by atoms with Crippen molar-refractivity contribution in [3.05, 3.63) is 57.6 Å². The monoisotopic (exact) mass is 404 g/mol. The van der Waals surface area contributed by atoms with E-state index in [2.05, 4.69) is 36.4 Å². The maximum atomic E-state index is 12.2. The van der Waals surface area contributed by atoms with E-state index in [-0.39, 0.29) is 5.91 Å². The summed E-state index contributed by atoms with van der Waals surface area (Å²) in [5, 5.41) is 11.9. The van der Waals surface area contributed by atoms with Crippen molar-refractivity contribution < 1.29 is 9.53 Å². The van der Waals surface area contributed by atoms with Gasteiger partial charge in [0.2, 0.25) is 11.0 Å². The zero-order valence-electron chi connectivity index (χ0n) is 12.7. The summed E-state index contributed by atoms with van der Waals surface area (Å²) in [6, 6.07) is 10.7. The lowest BCUT2D eigenvalue weighted by Crippen LogP contribution is -2.12. The van der Waals surface area contributed by atoms with E-state index in [0.717, 1.165) is 15.9 Å². The molecule has 0 fully saturated rings. The maximum Gasteiger partial charge on any atom is 0.259 e. The number of ether oxygens (including phenoxy) is 1. The Hall–Kier alpha value is -2.32. The molecule has 6 nitrogen and oxygen atoms in total. The number of aryl methyl sites for hydroxylation is 1. The van der Waals surface area contributed by atoms with Gasteiger partial charge < -0.3 is 4.74 Å². The fraction of sp³-hybridized carbons (Fsp3) is 0.125. The van der Waals surface area contributed by atoms with Crippen molar-refractivity contribution in [3.8, 4) is 11.6 Å². The van der Waals surface area contributed by atoms with Crippen molar-refractivity contribution in [1.82, 2.24) is 15.2 Å². The van der Waals surface area contributed by atoms with E-state index in [0.29, 0.717) is 22.3 Å². The van der Waals surface area contributed by atoms with Gasteiger partial charge in [0.05, 0.1) is 5.56 Å². The number of rotatable bonds is 5. The predicted molar refractivity (Wildman–Crippen MR) is 95.7 cm³/mol. The van der Waals surface area contributed by atoms with E-state index in [1.807, 2.05) is 31.2 Å². The Kier molecular flexibility index (Phi) is 5.17. The molecule has 1 aromatic carbocycles. The molecule has 0 aliphatic rings. The summed E-state index contributed by atoms with van der Waals surface area (Å²) in [6.07, 6.45) is 2.25. The predicted octanol–water partition coefficient (Wildman–Crippen LogP) is 4.30. The number of carbonyl (C=O) groups excluding carboxylic acids is 1. The Morgan fingerprint density at radius 1 is 1.21 bits per heavy atom. The van der Waals surface area contributed by atoms with Crippen LogP contribution in [0.2, 0.25) is 0 Å². The molecule has 0 radical (unpaired) electrons. The second-order valence-corrected chi connectivity index (χ2v) is 6.73. The third-order valence-electron chi connectivity index (χ3n) is 3.02. The van der Waals surface area contributed by atoms with E-state index in [1.54, 1.807) is 12.1 Å². The van der Waals surface area contributed by atoms with E-state index < -0.39 is 0 Å². The Labute approximate surface area is 151 Å². The van der Waals surface area contributed by atoms with Crippen molar-refractivity contribution in [2.45, 2.75) is 13.3 Å². The first-order valence-corrected chi connectivity index (χ1v) is 8.78. The molecule has 0 spiro atoms. The second-order valence-electron chi connectivity index (χ2n) is 4.75. The van der Waals surface area contributed by atoms with Gasteiger partial charge in [-0.2, -0.15) is 0 Å². The minimum absolute atomic E-state index is 0.281. The highest BCUT2D eigenvalue weighted by Gasteiger charge is 2.10. The molecule has 8 heteroatoms. The lowest BCUT2D eigenvalue weighted by Gasteiger charge is -2.05. The Morgan fingerprint density at radius 3 is 2.62 bits per heavy atom. The summed E-state index contributed by atoms with van der Waals surface area (Å²) in [5.41, 5.74) is 0.423. The lowest BCUT2D eigenvalue weighted by atomic mass is 10.3. The van der Waals surface area contributed by atoms with Crippen LogP contribution in [0.15, 0.2) is 47.1 Å². The van der Waals surface area contributed by atoms with Gasteiger partial charge in [0.25, 0.3) is 5.91 Å². The zero-order valence-corrected chi connectivity index (χ0v) is 15.1. The van der Waals surface area contributed by atoms with Gasteiger partial charge in [-0.15, -0.1) is 10.2 Å². The molecule has 3 rings (SSSR count). The Balaban J connectivity index is 1.64. The van der Waals surface area contributed by atoms with E-state index >= 15 is 0 Å². The maximum absolute atomic E-state index is 12.2. The first kappa shape index (κ1) is 16.5. The molecule has 0 aliphatic heterocycles. The number of nitrogens with zero attached hydrogens (tertiary/aromatic N) is 3. The number of amides is 1. The van der Waals surface area contributed by atoms with Gasteiger partial charge in [0.15, 0.2) is 0 Å². The number of carbonyl (C=O) groups is 1. The quantitative estimate of drug-likeness (QED) is 0.685. The summed E-state index contributed by atoms with van der Waals surface area (Å²) in [6.45, 7) is 1.99. The summed E-state index contributed by atoms with van der Waals surface area (Å²) in [5.74, 6) is 0.804. The summed E-state index contributed by atoms with van der Waals surface area (Å²) in [4.78, 5) is 16.3.